The lowest BCUT2D eigenvalue weighted by Gasteiger charge is -2.22. The topological polar surface area (TPSA) is 21.1 Å². The maximum atomic E-state index is 13.2. The minimum atomic E-state index is -0.566. The van der Waals surface area contributed by atoms with Crippen molar-refractivity contribution in [2.45, 2.75) is 0 Å². The zero-order valence-electron chi connectivity index (χ0n) is 10.9. The molecule has 20 heavy (non-hydrogen) atoms. The smallest absolute Gasteiger partial charge is 0.130 e. The summed E-state index contributed by atoms with van der Waals surface area (Å²) in [4.78, 5) is 2.01. The van der Waals surface area contributed by atoms with Gasteiger partial charge in [0.05, 0.1) is 6.20 Å². The monoisotopic (exact) mass is 273 g/mol. The average Bonchev–Trinajstić information content (AvgIpc) is 2.84. The van der Waals surface area contributed by atoms with Crippen LogP contribution in [0, 0.1) is 11.6 Å². The molecular formula is C15H13F2N3. The van der Waals surface area contributed by atoms with Crippen molar-refractivity contribution in [3.8, 4) is 0 Å². The van der Waals surface area contributed by atoms with Gasteiger partial charge in [-0.15, -0.1) is 0 Å². The van der Waals surface area contributed by atoms with Crippen LogP contribution in [0.5, 0.6) is 0 Å². The molecule has 0 bridgehead atoms. The van der Waals surface area contributed by atoms with Gasteiger partial charge in [0.25, 0.3) is 0 Å². The first-order valence-electron chi connectivity index (χ1n) is 6.23. The van der Waals surface area contributed by atoms with Crippen molar-refractivity contribution in [3.05, 3.63) is 66.0 Å². The van der Waals surface area contributed by atoms with E-state index in [2.05, 4.69) is 5.10 Å². The van der Waals surface area contributed by atoms with Gasteiger partial charge >= 0.3 is 0 Å². The standard InChI is InChI=1S/C15H13F2N3/c1-19-15(2-5-18-19)20-6-3-11(4-7-20)12-8-13(16)10-14(17)9-12/h2-6,8-10H,7H2,1H3. The molecule has 0 saturated carbocycles. The third-order valence-corrected chi connectivity index (χ3v) is 3.23. The van der Waals surface area contributed by atoms with Crippen LogP contribution in [0.2, 0.25) is 0 Å². The van der Waals surface area contributed by atoms with Gasteiger partial charge in [0.15, 0.2) is 0 Å². The van der Waals surface area contributed by atoms with Crippen LogP contribution in [-0.2, 0) is 7.05 Å². The van der Waals surface area contributed by atoms with Crippen molar-refractivity contribution in [3.63, 3.8) is 0 Å². The highest BCUT2D eigenvalue weighted by molar-refractivity contribution is 5.76. The largest absolute Gasteiger partial charge is 0.329 e. The molecule has 2 aromatic rings. The molecule has 1 aliphatic rings. The highest BCUT2D eigenvalue weighted by Crippen LogP contribution is 2.24. The molecule has 0 amide bonds. The van der Waals surface area contributed by atoms with Gasteiger partial charge in [-0.25, -0.2) is 8.78 Å². The molecule has 1 aromatic carbocycles. The molecule has 2 heterocycles. The highest BCUT2D eigenvalue weighted by atomic mass is 19.1. The SMILES string of the molecule is Cn1nccc1N1C=CC(c2cc(F)cc(F)c2)=CC1. The van der Waals surface area contributed by atoms with Crippen LogP contribution >= 0.6 is 0 Å². The fourth-order valence-electron chi connectivity index (χ4n) is 2.25. The molecule has 3 nitrogen and oxygen atoms in total. The molecule has 0 fully saturated rings. The Morgan fingerprint density at radius 1 is 1.15 bits per heavy atom. The Labute approximate surface area is 115 Å². The van der Waals surface area contributed by atoms with E-state index in [1.54, 1.807) is 10.9 Å². The van der Waals surface area contributed by atoms with E-state index in [4.69, 9.17) is 0 Å². The number of halogens is 2. The molecule has 0 spiro atoms. The molecule has 0 unspecified atom stereocenters. The summed E-state index contributed by atoms with van der Waals surface area (Å²) in [5.41, 5.74) is 1.35. The third kappa shape index (κ3) is 2.34. The van der Waals surface area contributed by atoms with Gasteiger partial charge in [0, 0.05) is 31.9 Å². The highest BCUT2D eigenvalue weighted by Gasteiger charge is 2.12. The van der Waals surface area contributed by atoms with E-state index in [9.17, 15) is 8.78 Å². The zero-order valence-corrected chi connectivity index (χ0v) is 10.9. The number of rotatable bonds is 2. The molecule has 0 radical (unpaired) electrons. The summed E-state index contributed by atoms with van der Waals surface area (Å²) in [7, 11) is 1.87. The van der Waals surface area contributed by atoms with Gasteiger partial charge < -0.3 is 4.90 Å². The Bertz CT molecular complexity index is 681. The number of anilines is 1. The van der Waals surface area contributed by atoms with Crippen molar-refractivity contribution in [2.24, 2.45) is 7.05 Å². The van der Waals surface area contributed by atoms with Gasteiger partial charge in [0.1, 0.15) is 17.5 Å². The molecule has 0 N–H and O–H groups in total. The predicted molar refractivity (Wildman–Crippen MR) is 74.0 cm³/mol. The lowest BCUT2D eigenvalue weighted by molar-refractivity contribution is 0.582. The van der Waals surface area contributed by atoms with Crippen LogP contribution in [-0.4, -0.2) is 16.3 Å². The predicted octanol–water partition coefficient (Wildman–Crippen LogP) is 3.12. The first kappa shape index (κ1) is 12.6. The summed E-state index contributed by atoms with van der Waals surface area (Å²) in [5, 5.41) is 4.11. The summed E-state index contributed by atoms with van der Waals surface area (Å²) in [5.74, 6) is -0.172. The summed E-state index contributed by atoms with van der Waals surface area (Å²) < 4.78 is 28.2. The van der Waals surface area contributed by atoms with Gasteiger partial charge in [-0.3, -0.25) is 4.68 Å². The Kier molecular flexibility index (Phi) is 3.10. The van der Waals surface area contributed by atoms with Crippen molar-refractivity contribution in [1.29, 1.82) is 0 Å². The summed E-state index contributed by atoms with van der Waals surface area (Å²) >= 11 is 0. The summed E-state index contributed by atoms with van der Waals surface area (Å²) in [6.07, 6.45) is 7.38. The van der Waals surface area contributed by atoms with E-state index in [1.165, 1.54) is 12.1 Å². The Balaban J connectivity index is 1.84. The van der Waals surface area contributed by atoms with Crippen LogP contribution in [0.15, 0.2) is 48.8 Å². The number of nitrogens with zero attached hydrogens (tertiary/aromatic N) is 3. The molecular weight excluding hydrogens is 260 g/mol. The van der Waals surface area contributed by atoms with Crippen LogP contribution in [0.1, 0.15) is 5.56 Å². The second-order valence-electron chi connectivity index (χ2n) is 4.60. The first-order chi connectivity index (χ1) is 9.63. The molecule has 0 saturated heterocycles. The maximum absolute atomic E-state index is 13.2. The molecule has 0 atom stereocenters. The van der Waals surface area contributed by atoms with Crippen LogP contribution < -0.4 is 4.90 Å². The number of aromatic nitrogens is 2. The van der Waals surface area contributed by atoms with Crippen molar-refractivity contribution in [2.75, 3.05) is 11.4 Å². The number of hydrogen-bond acceptors (Lipinski definition) is 2. The average molecular weight is 273 g/mol. The van der Waals surface area contributed by atoms with Gasteiger partial charge in [-0.2, -0.15) is 5.10 Å². The number of benzene rings is 1. The first-order valence-corrected chi connectivity index (χ1v) is 6.23. The number of allylic oxidation sites excluding steroid dienone is 2. The van der Waals surface area contributed by atoms with E-state index in [0.29, 0.717) is 12.1 Å². The normalized spacial score (nSPS) is 14.6. The van der Waals surface area contributed by atoms with E-state index in [1.807, 2.05) is 36.4 Å². The second-order valence-corrected chi connectivity index (χ2v) is 4.60. The van der Waals surface area contributed by atoms with Crippen LogP contribution in [0.25, 0.3) is 5.57 Å². The fraction of sp³-hybridized carbons (Fsp3) is 0.133. The molecule has 5 heteroatoms. The van der Waals surface area contributed by atoms with E-state index in [-0.39, 0.29) is 0 Å². The Morgan fingerprint density at radius 2 is 1.90 bits per heavy atom. The Hall–Kier alpha value is -2.43. The lowest BCUT2D eigenvalue weighted by Crippen LogP contribution is -2.21. The van der Waals surface area contributed by atoms with Gasteiger partial charge in [-0.05, 0) is 29.3 Å². The van der Waals surface area contributed by atoms with E-state index in [0.717, 1.165) is 17.5 Å². The molecule has 1 aliphatic heterocycles. The number of aryl methyl sites for hydroxylation is 1. The van der Waals surface area contributed by atoms with Crippen molar-refractivity contribution < 1.29 is 8.78 Å². The minimum absolute atomic E-state index is 0.545. The third-order valence-electron chi connectivity index (χ3n) is 3.23. The molecule has 0 aliphatic carbocycles. The number of hydrogen-bond donors (Lipinski definition) is 0. The van der Waals surface area contributed by atoms with Crippen molar-refractivity contribution in [1.82, 2.24) is 9.78 Å². The lowest BCUT2D eigenvalue weighted by atomic mass is 10.0. The van der Waals surface area contributed by atoms with Crippen LogP contribution in [0.3, 0.4) is 0 Å². The van der Waals surface area contributed by atoms with E-state index < -0.39 is 11.6 Å². The van der Waals surface area contributed by atoms with E-state index >= 15 is 0 Å². The summed E-state index contributed by atoms with van der Waals surface area (Å²) in [6, 6.07) is 5.45. The Morgan fingerprint density at radius 3 is 2.45 bits per heavy atom. The maximum Gasteiger partial charge on any atom is 0.130 e. The van der Waals surface area contributed by atoms with Gasteiger partial charge in [0.2, 0.25) is 0 Å². The minimum Gasteiger partial charge on any atom is -0.329 e. The molecule has 3 rings (SSSR count). The van der Waals surface area contributed by atoms with Gasteiger partial charge in [-0.1, -0.05) is 6.08 Å². The fourth-order valence-corrected chi connectivity index (χ4v) is 2.25. The zero-order chi connectivity index (χ0) is 14.1. The quantitative estimate of drug-likeness (QED) is 0.838. The molecule has 1 aromatic heterocycles. The van der Waals surface area contributed by atoms with Crippen LogP contribution in [0.4, 0.5) is 14.6 Å². The second kappa shape index (κ2) is 4.92. The molecule has 102 valence electrons. The summed E-state index contributed by atoms with van der Waals surface area (Å²) in [6.45, 7) is 0.628. The van der Waals surface area contributed by atoms with Crippen molar-refractivity contribution >= 4 is 11.4 Å².